The quantitative estimate of drug-likeness (QED) is 0.162. The van der Waals surface area contributed by atoms with Gasteiger partial charge in [-0.25, -0.2) is 0 Å². The van der Waals surface area contributed by atoms with Crippen molar-refractivity contribution < 1.29 is 27.2 Å². The summed E-state index contributed by atoms with van der Waals surface area (Å²) in [5.74, 6) is 0. The Bertz CT molecular complexity index is 726. The highest BCUT2D eigenvalue weighted by atomic mass is 79.9. The van der Waals surface area contributed by atoms with Gasteiger partial charge in [-0.3, -0.25) is 9.13 Å². The topological polar surface area (TPSA) is 71.1 Å². The minimum absolute atomic E-state index is 0.224. The van der Waals surface area contributed by atoms with Gasteiger partial charge >= 0.3 is 15.2 Å². The summed E-state index contributed by atoms with van der Waals surface area (Å²) in [6, 6.07) is 5.26. The van der Waals surface area contributed by atoms with E-state index < -0.39 is 22.7 Å². The average Bonchev–Trinajstić information content (AvgIpc) is 2.61. The molecule has 12 heteroatoms. The van der Waals surface area contributed by atoms with Crippen molar-refractivity contribution >= 4 is 78.9 Å². The fraction of sp³-hybridized carbons (Fsp3) is 0.625. The van der Waals surface area contributed by atoms with Gasteiger partial charge in [0.2, 0.25) is 2.97 Å². The summed E-state index contributed by atoms with van der Waals surface area (Å²) in [5.41, 5.74) is 1.28. The standard InChI is InChI=1S/C16H24Br4O6P2/c1-5-23-27(21,24-6-2)15(18)12-9-10-13(14(17)11-12)16(19,20)28(22,25-7-3)26-8-4/h9-11,15H,5-8H2,1-4H3. The van der Waals surface area contributed by atoms with Crippen LogP contribution in [0, 0.1) is 0 Å². The van der Waals surface area contributed by atoms with Crippen molar-refractivity contribution in [2.24, 2.45) is 0 Å². The van der Waals surface area contributed by atoms with Gasteiger partial charge in [0.25, 0.3) is 0 Å². The normalized spacial score (nSPS) is 14.3. The molecule has 0 fully saturated rings. The molecule has 0 bridgehead atoms. The largest absolute Gasteiger partial charge is 0.362 e. The third-order valence-corrected chi connectivity index (χ3v) is 13.8. The van der Waals surface area contributed by atoms with Gasteiger partial charge in [0.15, 0.2) is 0 Å². The van der Waals surface area contributed by atoms with E-state index in [2.05, 4.69) is 63.7 Å². The van der Waals surface area contributed by atoms with Gasteiger partial charge in [0.05, 0.1) is 26.4 Å². The van der Waals surface area contributed by atoms with Crippen LogP contribution in [0.25, 0.3) is 0 Å². The van der Waals surface area contributed by atoms with Crippen LogP contribution < -0.4 is 0 Å². The van der Waals surface area contributed by atoms with Crippen molar-refractivity contribution in [2.75, 3.05) is 26.4 Å². The summed E-state index contributed by atoms with van der Waals surface area (Å²) in [5, 5.41) is 0. The van der Waals surface area contributed by atoms with Crippen molar-refractivity contribution in [3.63, 3.8) is 0 Å². The smallest absolute Gasteiger partial charge is 0.308 e. The molecule has 6 nitrogen and oxygen atoms in total. The highest BCUT2D eigenvalue weighted by Crippen LogP contribution is 2.72. The first-order chi connectivity index (χ1) is 13.0. The summed E-state index contributed by atoms with van der Waals surface area (Å²) < 4.78 is 46.8. The van der Waals surface area contributed by atoms with Gasteiger partial charge in [-0.05, 0) is 39.3 Å². The molecule has 1 atom stereocenters. The van der Waals surface area contributed by atoms with Crippen LogP contribution in [0.1, 0.15) is 43.4 Å². The fourth-order valence-corrected chi connectivity index (χ4v) is 9.76. The molecule has 1 unspecified atom stereocenters. The zero-order valence-electron chi connectivity index (χ0n) is 16.0. The number of hydrogen-bond acceptors (Lipinski definition) is 6. The lowest BCUT2D eigenvalue weighted by Gasteiger charge is -2.31. The predicted octanol–water partition coefficient (Wildman–Crippen LogP) is 8.27. The molecule has 0 aliphatic rings. The SMILES string of the molecule is CCOP(=O)(OCC)C(Br)c1ccc(C(Br)(Br)P(=O)(OCC)OCC)c(Br)c1. The van der Waals surface area contributed by atoms with Gasteiger partial charge < -0.3 is 18.1 Å². The molecule has 0 spiro atoms. The summed E-state index contributed by atoms with van der Waals surface area (Å²) in [4.78, 5) is 0. The van der Waals surface area contributed by atoms with Crippen molar-refractivity contribution in [3.8, 4) is 0 Å². The molecule has 0 radical (unpaired) electrons. The molecule has 0 saturated carbocycles. The van der Waals surface area contributed by atoms with Crippen LogP contribution in [0.4, 0.5) is 0 Å². The van der Waals surface area contributed by atoms with Crippen LogP contribution in [0.3, 0.4) is 0 Å². The Balaban J connectivity index is 3.35. The van der Waals surface area contributed by atoms with Crippen LogP contribution >= 0.6 is 78.9 Å². The summed E-state index contributed by atoms with van der Waals surface area (Å²) >= 11 is 13.9. The molecule has 0 saturated heterocycles. The monoisotopic (exact) mass is 690 g/mol. The minimum atomic E-state index is -3.58. The number of rotatable bonds is 12. The van der Waals surface area contributed by atoms with Crippen LogP contribution in [0.15, 0.2) is 22.7 Å². The Morgan fingerprint density at radius 1 is 0.929 bits per heavy atom. The van der Waals surface area contributed by atoms with Gasteiger partial charge in [-0.15, -0.1) is 0 Å². The maximum Gasteiger partial charge on any atom is 0.362 e. The van der Waals surface area contributed by atoms with Gasteiger partial charge in [-0.1, -0.05) is 75.9 Å². The maximum atomic E-state index is 13.3. The number of halogens is 4. The van der Waals surface area contributed by atoms with Crippen molar-refractivity contribution in [2.45, 2.75) is 35.2 Å². The van der Waals surface area contributed by atoms with Crippen LogP contribution in [0.2, 0.25) is 0 Å². The van der Waals surface area contributed by atoms with Crippen molar-refractivity contribution in [1.82, 2.24) is 0 Å². The Morgan fingerprint density at radius 3 is 1.79 bits per heavy atom. The highest BCUT2D eigenvalue weighted by molar-refractivity contribution is 9.26. The van der Waals surface area contributed by atoms with Crippen molar-refractivity contribution in [3.05, 3.63) is 33.8 Å². The molecule has 0 N–H and O–H groups in total. The molecule has 0 aliphatic carbocycles. The molecule has 0 aromatic heterocycles. The zero-order chi connectivity index (χ0) is 21.6. The number of benzene rings is 1. The molecule has 1 rings (SSSR count). The summed E-state index contributed by atoms with van der Waals surface area (Å²) in [7, 11) is -6.97. The van der Waals surface area contributed by atoms with E-state index in [1.54, 1.807) is 45.9 Å². The second-order valence-corrected chi connectivity index (χ2v) is 16.8. The van der Waals surface area contributed by atoms with E-state index in [9.17, 15) is 9.13 Å². The van der Waals surface area contributed by atoms with Gasteiger partial charge in [-0.2, -0.15) is 0 Å². The van der Waals surface area contributed by atoms with E-state index in [1.165, 1.54) is 0 Å². The summed E-state index contributed by atoms with van der Waals surface area (Å²) in [6.45, 7) is 7.97. The molecule has 0 amide bonds. The van der Waals surface area contributed by atoms with E-state index >= 15 is 0 Å². The van der Waals surface area contributed by atoms with E-state index in [-0.39, 0.29) is 26.4 Å². The van der Waals surface area contributed by atoms with Gasteiger partial charge in [0, 0.05) is 10.0 Å². The second-order valence-electron chi connectivity index (χ2n) is 5.32. The van der Waals surface area contributed by atoms with E-state index in [0.717, 1.165) is 0 Å². The molecule has 1 aromatic rings. The Kier molecular flexibility index (Phi) is 11.7. The van der Waals surface area contributed by atoms with E-state index in [0.29, 0.717) is 15.6 Å². The third kappa shape index (κ3) is 6.24. The van der Waals surface area contributed by atoms with Crippen LogP contribution in [-0.2, 0) is 30.2 Å². The molecule has 162 valence electrons. The fourth-order valence-electron chi connectivity index (χ4n) is 2.32. The van der Waals surface area contributed by atoms with Crippen LogP contribution in [0.5, 0.6) is 0 Å². The Hall–Kier alpha value is 1.44. The van der Waals surface area contributed by atoms with Crippen LogP contribution in [-0.4, -0.2) is 26.4 Å². The van der Waals surface area contributed by atoms with E-state index in [4.69, 9.17) is 18.1 Å². The lowest BCUT2D eigenvalue weighted by atomic mass is 10.2. The lowest BCUT2D eigenvalue weighted by Crippen LogP contribution is -2.16. The minimum Gasteiger partial charge on any atom is -0.308 e. The zero-order valence-corrected chi connectivity index (χ0v) is 24.1. The Morgan fingerprint density at radius 2 is 1.39 bits per heavy atom. The molecule has 28 heavy (non-hydrogen) atoms. The second kappa shape index (κ2) is 11.9. The first-order valence-electron chi connectivity index (χ1n) is 8.62. The van der Waals surface area contributed by atoms with Crippen molar-refractivity contribution in [1.29, 1.82) is 0 Å². The molecular weight excluding hydrogens is 670 g/mol. The average molecular weight is 694 g/mol. The lowest BCUT2D eigenvalue weighted by molar-refractivity contribution is 0.216. The number of hydrogen-bond donors (Lipinski definition) is 0. The van der Waals surface area contributed by atoms with E-state index in [1.807, 2.05) is 0 Å². The molecular formula is C16H24Br4O6P2. The first-order valence-corrected chi connectivity index (χ1v) is 15.1. The highest BCUT2D eigenvalue weighted by Gasteiger charge is 2.50. The molecule has 0 aliphatic heterocycles. The maximum absolute atomic E-state index is 13.3. The molecule has 0 heterocycles. The number of alkyl halides is 3. The molecule has 1 aromatic carbocycles. The third-order valence-electron chi connectivity index (χ3n) is 3.43. The van der Waals surface area contributed by atoms with Gasteiger partial charge in [0.1, 0.15) is 4.57 Å². The first kappa shape index (κ1) is 27.5. The Labute approximate surface area is 200 Å². The predicted molar refractivity (Wildman–Crippen MR) is 127 cm³/mol. The summed E-state index contributed by atoms with van der Waals surface area (Å²) in [6.07, 6.45) is 0.